The van der Waals surface area contributed by atoms with Crippen molar-refractivity contribution < 1.29 is 10.2 Å². The van der Waals surface area contributed by atoms with Gasteiger partial charge in [-0.15, -0.1) is 0 Å². The first kappa shape index (κ1) is 17.9. The van der Waals surface area contributed by atoms with Gasteiger partial charge in [-0.3, -0.25) is 0 Å². The van der Waals surface area contributed by atoms with Crippen LogP contribution in [0.25, 0.3) is 0 Å². The van der Waals surface area contributed by atoms with E-state index in [-0.39, 0.29) is 6.10 Å². The summed E-state index contributed by atoms with van der Waals surface area (Å²) in [5, 5.41) is 20.6. The maximum atomic E-state index is 10.6. The van der Waals surface area contributed by atoms with Gasteiger partial charge in [0.1, 0.15) is 0 Å². The summed E-state index contributed by atoms with van der Waals surface area (Å²) in [6, 6.07) is 0. The maximum Gasteiger partial charge on any atom is 0.0672 e. The molecule has 0 aromatic heterocycles. The van der Waals surface area contributed by atoms with Crippen molar-refractivity contribution in [3.63, 3.8) is 0 Å². The van der Waals surface area contributed by atoms with Crippen LogP contribution in [0.4, 0.5) is 0 Å². The van der Waals surface area contributed by atoms with Gasteiger partial charge < -0.3 is 10.2 Å². The first-order valence-corrected chi connectivity index (χ1v) is 7.98. The molecule has 0 heterocycles. The topological polar surface area (TPSA) is 40.5 Å². The number of aliphatic hydroxyl groups excluding tert-OH is 1. The number of rotatable bonds is 12. The Hall–Kier alpha value is -0.0800. The molecule has 0 fully saturated rings. The molecule has 0 saturated carbocycles. The fraction of sp³-hybridized carbons (Fsp3) is 1.00. The second-order valence-corrected chi connectivity index (χ2v) is 5.79. The van der Waals surface area contributed by atoms with Crippen molar-refractivity contribution in [2.75, 3.05) is 0 Å². The molecule has 18 heavy (non-hydrogen) atoms. The van der Waals surface area contributed by atoms with Crippen LogP contribution < -0.4 is 0 Å². The molecule has 0 spiro atoms. The highest BCUT2D eigenvalue weighted by molar-refractivity contribution is 4.81. The summed E-state index contributed by atoms with van der Waals surface area (Å²) in [4.78, 5) is 0. The molecule has 0 bridgehead atoms. The van der Waals surface area contributed by atoms with Crippen LogP contribution in [0.15, 0.2) is 0 Å². The Balaban J connectivity index is 3.97. The normalized spacial score (nSPS) is 16.5. The van der Waals surface area contributed by atoms with E-state index in [4.69, 9.17) is 0 Å². The van der Waals surface area contributed by atoms with E-state index in [1.54, 1.807) is 0 Å². The summed E-state index contributed by atoms with van der Waals surface area (Å²) in [5.74, 6) is 0. The van der Waals surface area contributed by atoms with Crippen molar-refractivity contribution in [2.45, 2.75) is 103 Å². The third-order valence-electron chi connectivity index (χ3n) is 3.72. The van der Waals surface area contributed by atoms with E-state index in [1.807, 2.05) is 0 Å². The Morgan fingerprint density at radius 2 is 1.50 bits per heavy atom. The zero-order valence-corrected chi connectivity index (χ0v) is 12.7. The SMILES string of the molecule is CCCCCCC(O)CC(O)(CCC)CCCC. The van der Waals surface area contributed by atoms with Crippen molar-refractivity contribution in [3.8, 4) is 0 Å². The van der Waals surface area contributed by atoms with E-state index in [1.165, 1.54) is 19.3 Å². The Morgan fingerprint density at radius 1 is 0.833 bits per heavy atom. The number of hydrogen-bond acceptors (Lipinski definition) is 2. The van der Waals surface area contributed by atoms with E-state index >= 15 is 0 Å². The summed E-state index contributed by atoms with van der Waals surface area (Å²) in [7, 11) is 0. The van der Waals surface area contributed by atoms with Crippen molar-refractivity contribution in [1.29, 1.82) is 0 Å². The highest BCUT2D eigenvalue weighted by Gasteiger charge is 2.28. The molecule has 2 unspecified atom stereocenters. The summed E-state index contributed by atoms with van der Waals surface area (Å²) in [6.07, 6.45) is 10.7. The van der Waals surface area contributed by atoms with Crippen LogP contribution in [0, 0.1) is 0 Å². The summed E-state index contributed by atoms with van der Waals surface area (Å²) < 4.78 is 0. The molecular formula is C16H34O2. The number of hydrogen-bond donors (Lipinski definition) is 2. The smallest absolute Gasteiger partial charge is 0.0672 e. The van der Waals surface area contributed by atoms with Crippen LogP contribution >= 0.6 is 0 Å². The van der Waals surface area contributed by atoms with Crippen LogP contribution in [0.3, 0.4) is 0 Å². The Kier molecular flexibility index (Phi) is 10.8. The third kappa shape index (κ3) is 8.93. The summed E-state index contributed by atoms with van der Waals surface area (Å²) in [5.41, 5.74) is -0.630. The predicted octanol–water partition coefficient (Wildman–Crippen LogP) is 4.43. The minimum absolute atomic E-state index is 0.324. The second kappa shape index (κ2) is 10.8. The lowest BCUT2D eigenvalue weighted by atomic mass is 9.85. The monoisotopic (exact) mass is 258 g/mol. The molecule has 0 rings (SSSR count). The molecule has 0 aliphatic rings. The van der Waals surface area contributed by atoms with Gasteiger partial charge in [-0.2, -0.15) is 0 Å². The lowest BCUT2D eigenvalue weighted by Crippen LogP contribution is -2.33. The molecule has 110 valence electrons. The zero-order valence-electron chi connectivity index (χ0n) is 12.7. The van der Waals surface area contributed by atoms with Crippen LogP contribution in [0.5, 0.6) is 0 Å². The highest BCUT2D eigenvalue weighted by Crippen LogP contribution is 2.27. The van der Waals surface area contributed by atoms with Gasteiger partial charge in [-0.05, 0) is 19.3 Å². The van der Waals surface area contributed by atoms with Gasteiger partial charge in [0.2, 0.25) is 0 Å². The molecule has 0 aromatic rings. The van der Waals surface area contributed by atoms with Gasteiger partial charge in [-0.1, -0.05) is 65.7 Å². The Labute approximate surface area is 114 Å². The maximum absolute atomic E-state index is 10.6. The average molecular weight is 258 g/mol. The molecule has 2 nitrogen and oxygen atoms in total. The Bertz CT molecular complexity index is 182. The third-order valence-corrected chi connectivity index (χ3v) is 3.72. The van der Waals surface area contributed by atoms with Gasteiger partial charge in [0, 0.05) is 6.42 Å². The standard InChI is InChI=1S/C16H34O2/c1-4-7-9-10-11-15(17)14-16(18,12-6-3)13-8-5-2/h15,17-18H,4-14H2,1-3H3. The largest absolute Gasteiger partial charge is 0.393 e. The van der Waals surface area contributed by atoms with Gasteiger partial charge in [0.25, 0.3) is 0 Å². The molecule has 0 amide bonds. The minimum Gasteiger partial charge on any atom is -0.393 e. The molecular weight excluding hydrogens is 224 g/mol. The zero-order chi connectivity index (χ0) is 13.9. The molecule has 2 N–H and O–H groups in total. The number of aliphatic hydroxyl groups is 2. The first-order valence-electron chi connectivity index (χ1n) is 7.98. The van der Waals surface area contributed by atoms with Gasteiger partial charge in [-0.25, -0.2) is 0 Å². The predicted molar refractivity (Wildman–Crippen MR) is 78.8 cm³/mol. The van der Waals surface area contributed by atoms with E-state index in [0.717, 1.165) is 44.9 Å². The Morgan fingerprint density at radius 3 is 2.06 bits per heavy atom. The molecule has 2 atom stereocenters. The fourth-order valence-corrected chi connectivity index (χ4v) is 2.65. The van der Waals surface area contributed by atoms with Crippen molar-refractivity contribution in [2.24, 2.45) is 0 Å². The van der Waals surface area contributed by atoms with Crippen molar-refractivity contribution in [3.05, 3.63) is 0 Å². The van der Waals surface area contributed by atoms with Crippen LogP contribution in [-0.2, 0) is 0 Å². The fourth-order valence-electron chi connectivity index (χ4n) is 2.65. The molecule has 0 saturated heterocycles. The average Bonchev–Trinajstić information content (AvgIpc) is 2.32. The van der Waals surface area contributed by atoms with Gasteiger partial charge in [0.15, 0.2) is 0 Å². The van der Waals surface area contributed by atoms with Gasteiger partial charge in [0.05, 0.1) is 11.7 Å². The summed E-state index contributed by atoms with van der Waals surface area (Å²) in [6.45, 7) is 6.44. The molecule has 0 aromatic carbocycles. The molecule has 0 radical (unpaired) electrons. The van der Waals surface area contributed by atoms with Gasteiger partial charge >= 0.3 is 0 Å². The molecule has 0 aliphatic carbocycles. The van der Waals surface area contributed by atoms with Crippen LogP contribution in [0.1, 0.15) is 91.4 Å². The van der Waals surface area contributed by atoms with E-state index in [2.05, 4.69) is 20.8 Å². The summed E-state index contributed by atoms with van der Waals surface area (Å²) >= 11 is 0. The minimum atomic E-state index is -0.630. The first-order chi connectivity index (χ1) is 8.58. The van der Waals surface area contributed by atoms with Crippen LogP contribution in [0.2, 0.25) is 0 Å². The molecule has 0 aliphatic heterocycles. The quantitative estimate of drug-likeness (QED) is 0.508. The van der Waals surface area contributed by atoms with Crippen LogP contribution in [-0.4, -0.2) is 21.9 Å². The number of unbranched alkanes of at least 4 members (excludes halogenated alkanes) is 4. The second-order valence-electron chi connectivity index (χ2n) is 5.79. The lowest BCUT2D eigenvalue weighted by molar-refractivity contribution is -0.0280. The lowest BCUT2D eigenvalue weighted by Gasteiger charge is -2.30. The van der Waals surface area contributed by atoms with E-state index < -0.39 is 5.60 Å². The highest BCUT2D eigenvalue weighted by atomic mass is 16.3. The van der Waals surface area contributed by atoms with E-state index in [0.29, 0.717) is 6.42 Å². The van der Waals surface area contributed by atoms with Crippen molar-refractivity contribution >= 4 is 0 Å². The molecule has 2 heteroatoms. The van der Waals surface area contributed by atoms with E-state index in [9.17, 15) is 10.2 Å². The van der Waals surface area contributed by atoms with Crippen molar-refractivity contribution in [1.82, 2.24) is 0 Å².